The maximum absolute atomic E-state index is 10.1. The average molecular weight is 279 g/mol. The highest BCUT2D eigenvalue weighted by atomic mass is 16.6. The number of aliphatic hydroxyl groups excluding tert-OH is 3. The summed E-state index contributed by atoms with van der Waals surface area (Å²) < 4.78 is 7.25. The van der Waals surface area contributed by atoms with E-state index in [-0.39, 0.29) is 0 Å². The lowest BCUT2D eigenvalue weighted by Gasteiger charge is -2.18. The first-order valence-corrected chi connectivity index (χ1v) is 6.48. The molecule has 1 aliphatic heterocycles. The molecule has 7 heteroatoms. The summed E-state index contributed by atoms with van der Waals surface area (Å²) in [7, 11) is 0. The van der Waals surface area contributed by atoms with Crippen LogP contribution >= 0.6 is 0 Å². The molecule has 3 heterocycles. The van der Waals surface area contributed by atoms with Gasteiger partial charge in [0.15, 0.2) is 6.23 Å². The number of nitrogens with zero attached hydrogens (tertiary/aromatic N) is 3. The van der Waals surface area contributed by atoms with Gasteiger partial charge in [0.05, 0.1) is 11.8 Å². The summed E-state index contributed by atoms with van der Waals surface area (Å²) in [6.45, 7) is 3.39. The minimum atomic E-state index is -1.14. The number of aromatic nitrogens is 3. The van der Waals surface area contributed by atoms with Crippen molar-refractivity contribution in [3.8, 4) is 0 Å². The van der Waals surface area contributed by atoms with Gasteiger partial charge in [-0.25, -0.2) is 9.97 Å². The summed E-state index contributed by atoms with van der Waals surface area (Å²) in [5.74, 6) is 0. The highest BCUT2D eigenvalue weighted by Crippen LogP contribution is 2.33. The van der Waals surface area contributed by atoms with E-state index in [4.69, 9.17) is 4.74 Å². The Bertz CT molecular complexity index is 627. The lowest BCUT2D eigenvalue weighted by molar-refractivity contribution is -0.0775. The number of aryl methyl sites for hydroxylation is 1. The molecule has 2 aromatic heterocycles. The maximum Gasteiger partial charge on any atom is 0.164 e. The summed E-state index contributed by atoms with van der Waals surface area (Å²) >= 11 is 0. The van der Waals surface area contributed by atoms with Crippen LogP contribution in [-0.4, -0.2) is 54.3 Å². The Morgan fingerprint density at radius 2 is 2.05 bits per heavy atom. The smallest absolute Gasteiger partial charge is 0.164 e. The van der Waals surface area contributed by atoms with Crippen LogP contribution in [-0.2, 0) is 4.74 Å². The van der Waals surface area contributed by atoms with Crippen molar-refractivity contribution in [2.24, 2.45) is 0 Å². The predicted octanol–water partition coefficient (Wildman–Crippen LogP) is -0.260. The molecule has 1 saturated heterocycles. The van der Waals surface area contributed by atoms with Gasteiger partial charge in [-0.15, -0.1) is 0 Å². The molecule has 1 aliphatic rings. The van der Waals surface area contributed by atoms with E-state index in [0.717, 1.165) is 11.1 Å². The zero-order valence-electron chi connectivity index (χ0n) is 11.2. The van der Waals surface area contributed by atoms with E-state index in [1.54, 1.807) is 10.8 Å². The van der Waals surface area contributed by atoms with Crippen molar-refractivity contribution in [2.45, 2.75) is 44.5 Å². The fourth-order valence-electron chi connectivity index (χ4n) is 2.62. The third-order valence-electron chi connectivity index (χ3n) is 3.73. The molecule has 3 rings (SSSR count). The zero-order valence-corrected chi connectivity index (χ0v) is 11.2. The number of aliphatic hydroxyl groups is 3. The summed E-state index contributed by atoms with van der Waals surface area (Å²) in [6, 6.07) is 1.84. The molecule has 0 amide bonds. The van der Waals surface area contributed by atoms with Crippen molar-refractivity contribution in [3.05, 3.63) is 24.3 Å². The van der Waals surface area contributed by atoms with Crippen LogP contribution in [0, 0.1) is 6.92 Å². The van der Waals surface area contributed by atoms with E-state index in [0.29, 0.717) is 5.65 Å². The highest BCUT2D eigenvalue weighted by molar-refractivity contribution is 5.78. The molecule has 0 radical (unpaired) electrons. The van der Waals surface area contributed by atoms with Gasteiger partial charge < -0.3 is 24.6 Å². The molecule has 0 saturated carbocycles. The second-order valence-electron chi connectivity index (χ2n) is 5.13. The quantitative estimate of drug-likeness (QED) is 0.700. The molecule has 3 N–H and O–H groups in total. The lowest BCUT2D eigenvalue weighted by atomic mass is 10.1. The average Bonchev–Trinajstić information content (AvgIpc) is 2.94. The molecule has 5 atom stereocenters. The number of ether oxygens (including phenoxy) is 1. The number of fused-ring (bicyclic) bond motifs is 1. The predicted molar refractivity (Wildman–Crippen MR) is 69.9 cm³/mol. The van der Waals surface area contributed by atoms with E-state index in [1.807, 2.05) is 13.0 Å². The van der Waals surface area contributed by atoms with E-state index >= 15 is 0 Å². The molecule has 0 spiro atoms. The standard InChI is InChI=1S/C13H17N3O4/c1-6-8-3-4-16(12(8)15-5-14-6)13-10(19)9(18)11(20-13)7(2)17/h3-5,7,9-11,13,17-19H,1-2H3. The molecular formula is C13H17N3O4. The number of hydrogen-bond donors (Lipinski definition) is 3. The van der Waals surface area contributed by atoms with Crippen LogP contribution in [0.5, 0.6) is 0 Å². The fourth-order valence-corrected chi connectivity index (χ4v) is 2.62. The van der Waals surface area contributed by atoms with Crippen molar-refractivity contribution in [1.82, 2.24) is 14.5 Å². The zero-order chi connectivity index (χ0) is 14.4. The Labute approximate surface area is 115 Å². The minimum Gasteiger partial charge on any atom is -0.391 e. The van der Waals surface area contributed by atoms with Gasteiger partial charge in [-0.1, -0.05) is 0 Å². The van der Waals surface area contributed by atoms with E-state index in [2.05, 4.69) is 9.97 Å². The van der Waals surface area contributed by atoms with Gasteiger partial charge in [0.2, 0.25) is 0 Å². The molecule has 2 aromatic rings. The van der Waals surface area contributed by atoms with E-state index in [1.165, 1.54) is 13.3 Å². The van der Waals surface area contributed by atoms with Crippen LogP contribution in [0.25, 0.3) is 11.0 Å². The Balaban J connectivity index is 2.02. The Hall–Kier alpha value is -1.54. The first kappa shape index (κ1) is 13.4. The second kappa shape index (κ2) is 4.78. The molecular weight excluding hydrogens is 262 g/mol. The first-order chi connectivity index (χ1) is 9.50. The van der Waals surface area contributed by atoms with Crippen LogP contribution in [0.4, 0.5) is 0 Å². The Kier molecular flexibility index (Phi) is 3.21. The van der Waals surface area contributed by atoms with Gasteiger partial charge in [0.1, 0.15) is 30.3 Å². The molecule has 20 heavy (non-hydrogen) atoms. The van der Waals surface area contributed by atoms with Crippen molar-refractivity contribution < 1.29 is 20.1 Å². The summed E-state index contributed by atoms with van der Waals surface area (Å²) in [6.07, 6.45) is -1.56. The largest absolute Gasteiger partial charge is 0.391 e. The monoisotopic (exact) mass is 279 g/mol. The number of hydrogen-bond acceptors (Lipinski definition) is 6. The highest BCUT2D eigenvalue weighted by Gasteiger charge is 2.45. The number of rotatable bonds is 2. The van der Waals surface area contributed by atoms with Gasteiger partial charge >= 0.3 is 0 Å². The fraction of sp³-hybridized carbons (Fsp3) is 0.538. The third-order valence-corrected chi connectivity index (χ3v) is 3.73. The Morgan fingerprint density at radius 3 is 2.70 bits per heavy atom. The Morgan fingerprint density at radius 1 is 1.30 bits per heavy atom. The SMILES string of the molecule is Cc1ncnc2c1ccn2C1OC(C(C)O)C(O)C1O. The second-order valence-corrected chi connectivity index (χ2v) is 5.13. The molecule has 0 bridgehead atoms. The maximum atomic E-state index is 10.1. The lowest BCUT2D eigenvalue weighted by Crippen LogP contribution is -2.37. The van der Waals surface area contributed by atoms with E-state index in [9.17, 15) is 15.3 Å². The molecule has 108 valence electrons. The third kappa shape index (κ3) is 1.90. The molecule has 7 nitrogen and oxygen atoms in total. The van der Waals surface area contributed by atoms with Crippen LogP contribution < -0.4 is 0 Å². The topological polar surface area (TPSA) is 101 Å². The van der Waals surface area contributed by atoms with Crippen LogP contribution in [0.15, 0.2) is 18.6 Å². The van der Waals surface area contributed by atoms with Gasteiger partial charge in [-0.2, -0.15) is 0 Å². The van der Waals surface area contributed by atoms with Crippen LogP contribution in [0.1, 0.15) is 18.8 Å². The van der Waals surface area contributed by atoms with E-state index < -0.39 is 30.6 Å². The summed E-state index contributed by atoms with van der Waals surface area (Å²) in [4.78, 5) is 8.30. The van der Waals surface area contributed by atoms with Crippen LogP contribution in [0.2, 0.25) is 0 Å². The molecule has 1 fully saturated rings. The normalized spacial score (nSPS) is 31.9. The minimum absolute atomic E-state index is 0.625. The first-order valence-electron chi connectivity index (χ1n) is 6.48. The van der Waals surface area contributed by atoms with Gasteiger partial charge in [0, 0.05) is 11.6 Å². The molecule has 0 aromatic carbocycles. The van der Waals surface area contributed by atoms with Gasteiger partial charge in [-0.3, -0.25) is 0 Å². The molecule has 5 unspecified atom stereocenters. The van der Waals surface area contributed by atoms with Crippen molar-refractivity contribution in [2.75, 3.05) is 0 Å². The summed E-state index contributed by atoms with van der Waals surface area (Å²) in [5, 5.41) is 30.5. The summed E-state index contributed by atoms with van der Waals surface area (Å²) in [5.41, 5.74) is 1.45. The van der Waals surface area contributed by atoms with Crippen molar-refractivity contribution in [3.63, 3.8) is 0 Å². The van der Waals surface area contributed by atoms with Crippen molar-refractivity contribution >= 4 is 11.0 Å². The van der Waals surface area contributed by atoms with Gasteiger partial charge in [-0.05, 0) is 19.9 Å². The molecule has 0 aliphatic carbocycles. The van der Waals surface area contributed by atoms with Crippen molar-refractivity contribution in [1.29, 1.82) is 0 Å². The van der Waals surface area contributed by atoms with Gasteiger partial charge in [0.25, 0.3) is 0 Å². The van der Waals surface area contributed by atoms with Crippen LogP contribution in [0.3, 0.4) is 0 Å².